The van der Waals surface area contributed by atoms with Gasteiger partial charge in [-0.3, -0.25) is 9.63 Å². The molecule has 0 aliphatic heterocycles. The van der Waals surface area contributed by atoms with Crippen LogP contribution in [0.5, 0.6) is 5.75 Å². The number of aryl methyl sites for hydroxylation is 1. The molecule has 4 nitrogen and oxygen atoms in total. The Bertz CT molecular complexity index is 595. The van der Waals surface area contributed by atoms with Gasteiger partial charge in [0.05, 0.1) is 7.11 Å². The van der Waals surface area contributed by atoms with Gasteiger partial charge in [0, 0.05) is 5.56 Å². The van der Waals surface area contributed by atoms with Gasteiger partial charge in [0.2, 0.25) is 5.60 Å². The highest BCUT2D eigenvalue weighted by Gasteiger charge is 2.38. The predicted octanol–water partition coefficient (Wildman–Crippen LogP) is 2.97. The molecule has 110 valence electrons. The van der Waals surface area contributed by atoms with Gasteiger partial charge in [-0.1, -0.05) is 48.0 Å². The summed E-state index contributed by atoms with van der Waals surface area (Å²) in [6.45, 7) is 3.72. The fourth-order valence-corrected chi connectivity index (χ4v) is 2.02. The summed E-state index contributed by atoms with van der Waals surface area (Å²) in [6, 6.07) is 16.9. The first-order valence-electron chi connectivity index (χ1n) is 6.71. The Morgan fingerprint density at radius 3 is 2.24 bits per heavy atom. The average Bonchev–Trinajstić information content (AvgIpc) is 2.50. The minimum Gasteiger partial charge on any atom is -0.473 e. The van der Waals surface area contributed by atoms with E-state index >= 15 is 0 Å². The van der Waals surface area contributed by atoms with Crippen LogP contribution in [0.25, 0.3) is 0 Å². The van der Waals surface area contributed by atoms with Crippen molar-refractivity contribution in [2.24, 2.45) is 0 Å². The molecular formula is C17H19NO3. The summed E-state index contributed by atoms with van der Waals surface area (Å²) in [5, 5.41) is 0. The molecule has 2 aromatic rings. The summed E-state index contributed by atoms with van der Waals surface area (Å²) < 4.78 is 5.97. The lowest BCUT2D eigenvalue weighted by Crippen LogP contribution is -2.46. The Hall–Kier alpha value is -2.33. The maximum Gasteiger partial charge on any atom is 0.292 e. The van der Waals surface area contributed by atoms with Gasteiger partial charge in [0.25, 0.3) is 5.91 Å². The van der Waals surface area contributed by atoms with Crippen molar-refractivity contribution in [1.82, 2.24) is 5.48 Å². The largest absolute Gasteiger partial charge is 0.473 e. The molecule has 1 unspecified atom stereocenters. The molecule has 0 aromatic heterocycles. The summed E-state index contributed by atoms with van der Waals surface area (Å²) in [5.41, 5.74) is 3.06. The molecule has 2 rings (SSSR count). The molecule has 0 bridgehead atoms. The molecule has 4 heteroatoms. The second kappa shape index (κ2) is 6.41. The van der Waals surface area contributed by atoms with Crippen molar-refractivity contribution in [3.63, 3.8) is 0 Å². The van der Waals surface area contributed by atoms with Crippen molar-refractivity contribution in [2.45, 2.75) is 19.4 Å². The first-order chi connectivity index (χ1) is 10.1. The highest BCUT2D eigenvalue weighted by molar-refractivity contribution is 5.85. The van der Waals surface area contributed by atoms with Crippen LogP contribution >= 0.6 is 0 Å². The zero-order valence-corrected chi connectivity index (χ0v) is 12.4. The lowest BCUT2D eigenvalue weighted by atomic mass is 9.95. The van der Waals surface area contributed by atoms with E-state index in [1.807, 2.05) is 61.5 Å². The SMILES string of the molecule is CONC(=O)C(C)(Oc1ccc(C)cc1)c1ccccc1. The van der Waals surface area contributed by atoms with Gasteiger partial charge >= 0.3 is 0 Å². The molecule has 1 amide bonds. The Kier molecular flexibility index (Phi) is 4.60. The molecule has 0 heterocycles. The molecular weight excluding hydrogens is 266 g/mol. The molecule has 0 saturated carbocycles. The Labute approximate surface area is 124 Å². The van der Waals surface area contributed by atoms with Crippen LogP contribution in [0.1, 0.15) is 18.1 Å². The van der Waals surface area contributed by atoms with Crippen LogP contribution in [-0.2, 0) is 15.2 Å². The fourth-order valence-electron chi connectivity index (χ4n) is 2.02. The number of rotatable bonds is 5. The first kappa shape index (κ1) is 15.1. The molecule has 0 aliphatic carbocycles. The third-order valence-electron chi connectivity index (χ3n) is 3.30. The van der Waals surface area contributed by atoms with E-state index in [2.05, 4.69) is 5.48 Å². The Morgan fingerprint density at radius 2 is 1.67 bits per heavy atom. The molecule has 0 spiro atoms. The molecule has 0 aliphatic rings. The maximum absolute atomic E-state index is 12.4. The van der Waals surface area contributed by atoms with Crippen LogP contribution in [0.15, 0.2) is 54.6 Å². The number of ether oxygens (including phenoxy) is 1. The molecule has 2 aromatic carbocycles. The summed E-state index contributed by atoms with van der Waals surface area (Å²) in [5.74, 6) is 0.259. The van der Waals surface area contributed by atoms with Crippen LogP contribution in [-0.4, -0.2) is 13.0 Å². The molecule has 21 heavy (non-hydrogen) atoms. The summed E-state index contributed by atoms with van der Waals surface area (Å²) in [4.78, 5) is 17.1. The van der Waals surface area contributed by atoms with Gasteiger partial charge in [0.15, 0.2) is 0 Å². The molecule has 0 saturated heterocycles. The molecule has 0 fully saturated rings. The number of carbonyl (C=O) groups is 1. The summed E-state index contributed by atoms with van der Waals surface area (Å²) >= 11 is 0. The van der Waals surface area contributed by atoms with Crippen LogP contribution in [0.2, 0.25) is 0 Å². The van der Waals surface area contributed by atoms with Crippen molar-refractivity contribution >= 4 is 5.91 Å². The van der Waals surface area contributed by atoms with Gasteiger partial charge in [-0.2, -0.15) is 0 Å². The first-order valence-corrected chi connectivity index (χ1v) is 6.71. The average molecular weight is 285 g/mol. The number of amides is 1. The number of hydroxylamine groups is 1. The molecule has 1 atom stereocenters. The lowest BCUT2D eigenvalue weighted by molar-refractivity contribution is -0.147. The van der Waals surface area contributed by atoms with Crippen molar-refractivity contribution in [3.05, 3.63) is 65.7 Å². The van der Waals surface area contributed by atoms with Crippen LogP contribution in [0.3, 0.4) is 0 Å². The number of hydrogen-bond acceptors (Lipinski definition) is 3. The highest BCUT2D eigenvalue weighted by atomic mass is 16.6. The molecule has 1 N–H and O–H groups in total. The smallest absolute Gasteiger partial charge is 0.292 e. The second-order valence-corrected chi connectivity index (χ2v) is 4.95. The standard InChI is InChI=1S/C17H19NO3/c1-13-9-11-15(12-10-13)21-17(2,16(19)18-20-3)14-7-5-4-6-8-14/h4-12H,1-3H3,(H,18,19). The Balaban J connectivity index is 2.36. The van der Waals surface area contributed by atoms with Crippen molar-refractivity contribution < 1.29 is 14.4 Å². The van der Waals surface area contributed by atoms with Crippen LogP contribution < -0.4 is 10.2 Å². The fraction of sp³-hybridized carbons (Fsp3) is 0.235. The van der Waals surface area contributed by atoms with E-state index in [9.17, 15) is 4.79 Å². The van der Waals surface area contributed by atoms with E-state index < -0.39 is 5.60 Å². The minimum absolute atomic E-state index is 0.364. The third-order valence-corrected chi connectivity index (χ3v) is 3.30. The van der Waals surface area contributed by atoms with Crippen LogP contribution in [0.4, 0.5) is 0 Å². The third kappa shape index (κ3) is 3.41. The summed E-state index contributed by atoms with van der Waals surface area (Å²) in [6.07, 6.45) is 0. The van der Waals surface area contributed by atoms with Gasteiger partial charge in [-0.15, -0.1) is 0 Å². The quantitative estimate of drug-likeness (QED) is 0.859. The van der Waals surface area contributed by atoms with Crippen molar-refractivity contribution in [2.75, 3.05) is 7.11 Å². The van der Waals surface area contributed by atoms with E-state index in [0.717, 1.165) is 11.1 Å². The van der Waals surface area contributed by atoms with E-state index in [0.29, 0.717) is 5.75 Å². The van der Waals surface area contributed by atoms with E-state index in [1.54, 1.807) is 6.92 Å². The normalized spacial score (nSPS) is 13.3. The van der Waals surface area contributed by atoms with Crippen LogP contribution in [0, 0.1) is 6.92 Å². The zero-order valence-electron chi connectivity index (χ0n) is 12.4. The second-order valence-electron chi connectivity index (χ2n) is 4.95. The number of carbonyl (C=O) groups excluding carboxylic acids is 1. The van der Waals surface area contributed by atoms with Gasteiger partial charge in [-0.05, 0) is 26.0 Å². The number of benzene rings is 2. The number of hydrogen-bond donors (Lipinski definition) is 1. The van der Waals surface area contributed by atoms with Gasteiger partial charge in [0.1, 0.15) is 5.75 Å². The topological polar surface area (TPSA) is 47.6 Å². The molecule has 0 radical (unpaired) electrons. The minimum atomic E-state index is -1.17. The number of nitrogens with one attached hydrogen (secondary N) is 1. The summed E-state index contributed by atoms with van der Waals surface area (Å²) in [7, 11) is 1.40. The van der Waals surface area contributed by atoms with Gasteiger partial charge in [-0.25, -0.2) is 5.48 Å². The van der Waals surface area contributed by atoms with E-state index in [1.165, 1.54) is 7.11 Å². The van der Waals surface area contributed by atoms with Gasteiger partial charge < -0.3 is 4.74 Å². The van der Waals surface area contributed by atoms with Crippen molar-refractivity contribution in [3.8, 4) is 5.75 Å². The van der Waals surface area contributed by atoms with E-state index in [4.69, 9.17) is 9.57 Å². The Morgan fingerprint density at radius 1 is 1.05 bits per heavy atom. The van der Waals surface area contributed by atoms with E-state index in [-0.39, 0.29) is 5.91 Å². The zero-order chi connectivity index (χ0) is 15.3. The maximum atomic E-state index is 12.4. The van der Waals surface area contributed by atoms with Crippen molar-refractivity contribution in [1.29, 1.82) is 0 Å². The lowest BCUT2D eigenvalue weighted by Gasteiger charge is -2.29. The monoisotopic (exact) mass is 285 g/mol. The predicted molar refractivity (Wildman–Crippen MR) is 80.8 cm³/mol. The highest BCUT2D eigenvalue weighted by Crippen LogP contribution is 2.28.